The van der Waals surface area contributed by atoms with Gasteiger partial charge in [-0.1, -0.05) is 42.8 Å². The Morgan fingerprint density at radius 3 is 2.61 bits per heavy atom. The van der Waals surface area contributed by atoms with Crippen LogP contribution in [0.25, 0.3) is 10.9 Å². The van der Waals surface area contributed by atoms with Gasteiger partial charge >= 0.3 is 0 Å². The molecule has 1 saturated carbocycles. The van der Waals surface area contributed by atoms with Gasteiger partial charge in [-0.25, -0.2) is 0 Å². The van der Waals surface area contributed by atoms with E-state index in [-0.39, 0.29) is 17.7 Å². The van der Waals surface area contributed by atoms with Crippen LogP contribution in [0.4, 0.5) is 5.69 Å². The molecule has 9 heteroatoms. The first-order chi connectivity index (χ1) is 18.0. The van der Waals surface area contributed by atoms with Crippen molar-refractivity contribution in [2.24, 2.45) is 21.1 Å². The predicted molar refractivity (Wildman–Crippen MR) is 150 cm³/mol. The number of aromatic hydroxyl groups is 1. The quantitative estimate of drug-likeness (QED) is 0.308. The molecule has 2 bridgehead atoms. The Hall–Kier alpha value is -2.91. The Balaban J connectivity index is 1.41. The molecule has 5 rings (SSSR count). The SMILES string of the molecule is COc1ccc(CC(=O)N=Nc2c(O)n(CN3CC4(C)CC3CC(C)(C)C4)c3ccc(Br)cc23)cc1OC. The lowest BCUT2D eigenvalue weighted by molar-refractivity contribution is -0.117. The molecular weight excluding hydrogens is 548 g/mol. The topological polar surface area (TPSA) is 88.7 Å². The standard InChI is InChI=1S/C29H35BrN4O4/c1-28(2)13-20-14-29(3,15-28)16-33(20)17-34-22-8-7-19(30)12-21(22)26(27(34)36)32-31-25(35)11-18-6-9-23(37-4)24(10-18)38-5/h6-10,12,20,36H,11,13-17H2,1-5H3. The van der Waals surface area contributed by atoms with E-state index in [1.54, 1.807) is 32.4 Å². The summed E-state index contributed by atoms with van der Waals surface area (Å²) in [6, 6.07) is 11.6. The highest BCUT2D eigenvalue weighted by Crippen LogP contribution is 2.53. The number of fused-ring (bicyclic) bond motifs is 3. The number of halogens is 1. The van der Waals surface area contributed by atoms with E-state index < -0.39 is 5.91 Å². The number of amides is 1. The van der Waals surface area contributed by atoms with Gasteiger partial charge in [-0.15, -0.1) is 10.2 Å². The third-order valence-corrected chi connectivity index (χ3v) is 8.38. The molecule has 1 amide bonds. The number of likely N-dealkylation sites (tertiary alicyclic amines) is 1. The Bertz CT molecular complexity index is 1420. The second kappa shape index (κ2) is 10.0. The van der Waals surface area contributed by atoms with Crippen LogP contribution in [-0.4, -0.2) is 47.3 Å². The number of aromatic nitrogens is 1. The molecule has 2 aromatic carbocycles. The number of carbonyl (C=O) groups excluding carboxylic acids is 1. The monoisotopic (exact) mass is 582 g/mol. The summed E-state index contributed by atoms with van der Waals surface area (Å²) in [6.45, 7) is 8.67. The molecule has 1 saturated heterocycles. The fraction of sp³-hybridized carbons (Fsp3) is 0.483. The molecule has 0 spiro atoms. The van der Waals surface area contributed by atoms with E-state index >= 15 is 0 Å². The number of nitrogens with zero attached hydrogens (tertiary/aromatic N) is 4. The Morgan fingerprint density at radius 2 is 1.87 bits per heavy atom. The van der Waals surface area contributed by atoms with Crippen molar-refractivity contribution in [2.75, 3.05) is 20.8 Å². The molecule has 2 unspecified atom stereocenters. The summed E-state index contributed by atoms with van der Waals surface area (Å²) in [7, 11) is 3.12. The minimum atomic E-state index is -0.420. The molecule has 1 aromatic heterocycles. The number of benzene rings is 2. The number of hydrogen-bond donors (Lipinski definition) is 1. The zero-order valence-corrected chi connectivity index (χ0v) is 24.2. The second-order valence-corrected chi connectivity index (χ2v) is 12.7. The molecule has 38 heavy (non-hydrogen) atoms. The average molecular weight is 584 g/mol. The van der Waals surface area contributed by atoms with Gasteiger partial charge in [-0.2, -0.15) is 0 Å². The third-order valence-electron chi connectivity index (χ3n) is 7.88. The van der Waals surface area contributed by atoms with E-state index in [9.17, 15) is 9.90 Å². The smallest absolute Gasteiger partial charge is 0.269 e. The number of ether oxygens (including phenoxy) is 2. The van der Waals surface area contributed by atoms with E-state index in [4.69, 9.17) is 9.47 Å². The second-order valence-electron chi connectivity index (χ2n) is 11.8. The van der Waals surface area contributed by atoms with Crippen LogP contribution in [0.5, 0.6) is 17.4 Å². The van der Waals surface area contributed by atoms with Crippen LogP contribution in [0.15, 0.2) is 51.1 Å². The van der Waals surface area contributed by atoms with E-state index in [0.717, 1.165) is 33.9 Å². The fourth-order valence-corrected chi connectivity index (χ4v) is 7.13. The molecule has 2 aliphatic rings. The van der Waals surface area contributed by atoms with Crippen molar-refractivity contribution in [3.05, 3.63) is 46.4 Å². The Morgan fingerprint density at radius 1 is 1.11 bits per heavy atom. The Kier molecular flexibility index (Phi) is 7.02. The molecule has 1 aliphatic heterocycles. The maximum Gasteiger partial charge on any atom is 0.269 e. The average Bonchev–Trinajstić information content (AvgIpc) is 3.24. The van der Waals surface area contributed by atoms with Crippen molar-refractivity contribution in [3.63, 3.8) is 0 Å². The van der Waals surface area contributed by atoms with Crippen molar-refractivity contribution in [2.45, 2.75) is 59.2 Å². The third kappa shape index (κ3) is 5.18. The molecule has 8 nitrogen and oxygen atoms in total. The normalized spacial score (nSPS) is 22.8. The van der Waals surface area contributed by atoms with Crippen LogP contribution in [-0.2, 0) is 17.9 Å². The van der Waals surface area contributed by atoms with E-state index in [1.165, 1.54) is 12.8 Å². The maximum absolute atomic E-state index is 12.7. The molecule has 1 aliphatic carbocycles. The minimum absolute atomic E-state index is 0.0200. The number of rotatable bonds is 7. The summed E-state index contributed by atoms with van der Waals surface area (Å²) < 4.78 is 13.4. The van der Waals surface area contributed by atoms with Crippen LogP contribution in [0.2, 0.25) is 0 Å². The van der Waals surface area contributed by atoms with E-state index in [1.807, 2.05) is 22.8 Å². The first-order valence-electron chi connectivity index (χ1n) is 12.9. The molecule has 202 valence electrons. The Labute approximate surface area is 231 Å². The van der Waals surface area contributed by atoms with Gasteiger partial charge < -0.3 is 14.6 Å². The lowest BCUT2D eigenvalue weighted by Crippen LogP contribution is -2.35. The van der Waals surface area contributed by atoms with E-state index in [0.29, 0.717) is 35.3 Å². The van der Waals surface area contributed by atoms with Gasteiger partial charge in [0.2, 0.25) is 5.88 Å². The van der Waals surface area contributed by atoms with Gasteiger partial charge in [-0.05, 0) is 66.0 Å². The highest BCUT2D eigenvalue weighted by Gasteiger charge is 2.49. The van der Waals surface area contributed by atoms with E-state index in [2.05, 4.69) is 51.8 Å². The molecule has 2 atom stereocenters. The van der Waals surface area contributed by atoms with Crippen molar-refractivity contribution >= 4 is 38.4 Å². The summed E-state index contributed by atoms with van der Waals surface area (Å²) in [6.07, 6.45) is 3.58. The van der Waals surface area contributed by atoms with Crippen molar-refractivity contribution in [1.82, 2.24) is 9.47 Å². The first-order valence-corrected chi connectivity index (χ1v) is 13.7. The first kappa shape index (κ1) is 26.7. The van der Waals surface area contributed by atoms with Crippen molar-refractivity contribution in [1.29, 1.82) is 0 Å². The molecular formula is C29H35BrN4O4. The minimum Gasteiger partial charge on any atom is -0.493 e. The lowest BCUT2D eigenvalue weighted by atomic mass is 9.65. The van der Waals surface area contributed by atoms with Crippen molar-refractivity contribution in [3.8, 4) is 17.4 Å². The highest BCUT2D eigenvalue weighted by molar-refractivity contribution is 9.10. The highest BCUT2D eigenvalue weighted by atomic mass is 79.9. The predicted octanol–water partition coefficient (Wildman–Crippen LogP) is 6.84. The molecule has 2 fully saturated rings. The van der Waals surface area contributed by atoms with Gasteiger partial charge in [0.1, 0.15) is 0 Å². The van der Waals surface area contributed by atoms with Gasteiger partial charge in [-0.3, -0.25) is 14.3 Å². The molecule has 2 heterocycles. The molecule has 3 aromatic rings. The summed E-state index contributed by atoms with van der Waals surface area (Å²) in [4.78, 5) is 15.2. The number of methoxy groups -OCH3 is 2. The van der Waals surface area contributed by atoms with Crippen LogP contribution >= 0.6 is 15.9 Å². The summed E-state index contributed by atoms with van der Waals surface area (Å²) in [5.41, 5.74) is 2.49. The van der Waals surface area contributed by atoms with Crippen molar-refractivity contribution < 1.29 is 19.4 Å². The van der Waals surface area contributed by atoms with Crippen LogP contribution < -0.4 is 9.47 Å². The fourth-order valence-electron chi connectivity index (χ4n) is 6.77. The summed E-state index contributed by atoms with van der Waals surface area (Å²) in [5.74, 6) is 0.736. The molecule has 0 radical (unpaired) electrons. The van der Waals surface area contributed by atoms with Crippen LogP contribution in [0.3, 0.4) is 0 Å². The zero-order valence-electron chi connectivity index (χ0n) is 22.6. The number of carbonyl (C=O) groups is 1. The maximum atomic E-state index is 12.7. The zero-order chi connectivity index (χ0) is 27.2. The van der Waals surface area contributed by atoms with Gasteiger partial charge in [0.15, 0.2) is 17.2 Å². The summed E-state index contributed by atoms with van der Waals surface area (Å²) in [5, 5.41) is 20.3. The number of azo groups is 1. The summed E-state index contributed by atoms with van der Waals surface area (Å²) >= 11 is 3.53. The lowest BCUT2D eigenvalue weighted by Gasteiger charge is -2.40. The largest absolute Gasteiger partial charge is 0.493 e. The molecule has 1 N–H and O–H groups in total. The van der Waals surface area contributed by atoms with Gasteiger partial charge in [0.25, 0.3) is 5.91 Å². The van der Waals surface area contributed by atoms with Gasteiger partial charge in [0, 0.05) is 22.4 Å². The van der Waals surface area contributed by atoms with Gasteiger partial charge in [0.05, 0.1) is 32.8 Å². The van der Waals surface area contributed by atoms with Crippen LogP contribution in [0, 0.1) is 10.8 Å². The van der Waals surface area contributed by atoms with Crippen LogP contribution in [0.1, 0.15) is 45.6 Å². The number of hydrogen-bond acceptors (Lipinski definition) is 6.